The van der Waals surface area contributed by atoms with Crippen LogP contribution in [0.4, 0.5) is 0 Å². The van der Waals surface area contributed by atoms with Gasteiger partial charge in [0, 0.05) is 6.42 Å². The molecule has 0 saturated carbocycles. The van der Waals surface area contributed by atoms with Gasteiger partial charge in [0.1, 0.15) is 12.4 Å². The van der Waals surface area contributed by atoms with Crippen molar-refractivity contribution in [1.29, 1.82) is 0 Å². The van der Waals surface area contributed by atoms with E-state index in [0.29, 0.717) is 6.42 Å². The minimum Gasteiger partial charge on any atom is -0.508 e. The van der Waals surface area contributed by atoms with Crippen LogP contribution < -0.4 is 5.73 Å². The van der Waals surface area contributed by atoms with Gasteiger partial charge in [0.05, 0.1) is 0 Å². The fourth-order valence-corrected chi connectivity index (χ4v) is 1.26. The highest BCUT2D eigenvalue weighted by atomic mass is 16.5. The summed E-state index contributed by atoms with van der Waals surface area (Å²) in [5.41, 5.74) is 4.68. The number of esters is 1. The van der Waals surface area contributed by atoms with Crippen molar-refractivity contribution < 1.29 is 20.4 Å². The van der Waals surface area contributed by atoms with Gasteiger partial charge in [-0.3, -0.25) is 0 Å². The quantitative estimate of drug-likeness (QED) is 0.555. The van der Waals surface area contributed by atoms with Gasteiger partial charge in [-0.15, -0.1) is 0 Å². The Morgan fingerprint density at radius 1 is 1.50 bits per heavy atom. The molecule has 86 valence electrons. The lowest BCUT2D eigenvalue weighted by atomic mass is 10.1. The van der Waals surface area contributed by atoms with Crippen molar-refractivity contribution in [2.45, 2.75) is 12.5 Å². The number of hydrogen-bond acceptors (Lipinski definition) is 3. The van der Waals surface area contributed by atoms with Crippen LogP contribution in [0.2, 0.25) is 0 Å². The van der Waals surface area contributed by atoms with Crippen molar-refractivity contribution in [2.75, 3.05) is 6.61 Å². The van der Waals surface area contributed by atoms with E-state index in [4.69, 9.17) is 9.84 Å². The van der Waals surface area contributed by atoms with Crippen molar-refractivity contribution in [2.24, 2.45) is 0 Å². The molecule has 16 heavy (non-hydrogen) atoms. The summed E-state index contributed by atoms with van der Waals surface area (Å²) in [5, 5.41) is 9.10. The molecular formula is C12H16NO3+. The standard InChI is InChI=1S/C12H15NO3/c1-2-7-16-12(15)11(13)8-9-3-5-10(14)6-4-9/h2-6,11,14H,1,7-8,13H2/p+1/t11-/m0/s1. The normalized spacial score (nSPS) is 11.8. The lowest BCUT2D eigenvalue weighted by Crippen LogP contribution is -2.66. The number of carbonyl (C=O) groups is 1. The zero-order valence-corrected chi connectivity index (χ0v) is 9.06. The lowest BCUT2D eigenvalue weighted by Gasteiger charge is -2.07. The molecule has 4 nitrogen and oxygen atoms in total. The summed E-state index contributed by atoms with van der Waals surface area (Å²) in [7, 11) is 0. The van der Waals surface area contributed by atoms with E-state index in [9.17, 15) is 4.79 Å². The van der Waals surface area contributed by atoms with Crippen LogP contribution in [-0.4, -0.2) is 23.7 Å². The first kappa shape index (κ1) is 12.3. The van der Waals surface area contributed by atoms with Gasteiger partial charge in [-0.1, -0.05) is 24.8 Å². The molecule has 1 aromatic carbocycles. The molecule has 0 saturated heterocycles. The van der Waals surface area contributed by atoms with Crippen LogP contribution in [-0.2, 0) is 16.0 Å². The van der Waals surface area contributed by atoms with Gasteiger partial charge in [0.2, 0.25) is 0 Å². The largest absolute Gasteiger partial charge is 0.508 e. The smallest absolute Gasteiger partial charge is 0.365 e. The van der Waals surface area contributed by atoms with E-state index in [-0.39, 0.29) is 18.3 Å². The first-order valence-corrected chi connectivity index (χ1v) is 5.02. The summed E-state index contributed by atoms with van der Waals surface area (Å²) in [4.78, 5) is 11.4. The molecule has 0 radical (unpaired) electrons. The molecule has 0 bridgehead atoms. The molecule has 0 unspecified atom stereocenters. The number of aromatic hydroxyl groups is 1. The predicted molar refractivity (Wildman–Crippen MR) is 59.6 cm³/mol. The summed E-state index contributed by atoms with van der Waals surface area (Å²) < 4.78 is 4.88. The molecule has 4 N–H and O–H groups in total. The van der Waals surface area contributed by atoms with Crippen LogP contribution in [0.3, 0.4) is 0 Å². The van der Waals surface area contributed by atoms with Gasteiger partial charge in [-0.25, -0.2) is 4.79 Å². The number of rotatable bonds is 5. The van der Waals surface area contributed by atoms with Gasteiger partial charge in [-0.05, 0) is 17.7 Å². The van der Waals surface area contributed by atoms with Crippen LogP contribution in [0.25, 0.3) is 0 Å². The molecule has 0 spiro atoms. The maximum absolute atomic E-state index is 11.4. The molecule has 0 aliphatic rings. The van der Waals surface area contributed by atoms with Crippen LogP contribution in [0.5, 0.6) is 5.75 Å². The summed E-state index contributed by atoms with van der Waals surface area (Å²) in [6.45, 7) is 3.67. The van der Waals surface area contributed by atoms with Crippen molar-refractivity contribution in [1.82, 2.24) is 0 Å². The highest BCUT2D eigenvalue weighted by Gasteiger charge is 2.18. The topological polar surface area (TPSA) is 74.2 Å². The maximum Gasteiger partial charge on any atom is 0.365 e. The number of phenolic OH excluding ortho intramolecular Hbond substituents is 1. The van der Waals surface area contributed by atoms with E-state index in [2.05, 4.69) is 12.3 Å². The molecule has 1 rings (SSSR count). The lowest BCUT2D eigenvalue weighted by molar-refractivity contribution is -0.407. The summed E-state index contributed by atoms with van der Waals surface area (Å²) >= 11 is 0. The van der Waals surface area contributed by atoms with E-state index >= 15 is 0 Å². The Kier molecular flexibility index (Phi) is 4.54. The molecule has 0 amide bonds. The van der Waals surface area contributed by atoms with E-state index in [1.807, 2.05) is 0 Å². The third kappa shape index (κ3) is 3.74. The van der Waals surface area contributed by atoms with E-state index in [1.165, 1.54) is 6.08 Å². The zero-order chi connectivity index (χ0) is 12.0. The van der Waals surface area contributed by atoms with E-state index in [1.54, 1.807) is 24.3 Å². The average molecular weight is 222 g/mol. The number of hydrogen-bond donors (Lipinski definition) is 2. The molecule has 1 aromatic rings. The summed E-state index contributed by atoms with van der Waals surface area (Å²) in [6, 6.07) is 6.24. The third-order valence-electron chi connectivity index (χ3n) is 2.10. The maximum atomic E-state index is 11.4. The van der Waals surface area contributed by atoms with E-state index in [0.717, 1.165) is 5.56 Å². The first-order valence-electron chi connectivity index (χ1n) is 5.02. The van der Waals surface area contributed by atoms with Gasteiger partial charge < -0.3 is 15.6 Å². The Labute approximate surface area is 94.3 Å². The second-order valence-corrected chi connectivity index (χ2v) is 3.49. The second-order valence-electron chi connectivity index (χ2n) is 3.49. The average Bonchev–Trinajstić information content (AvgIpc) is 2.29. The fraction of sp³-hybridized carbons (Fsp3) is 0.250. The van der Waals surface area contributed by atoms with Crippen molar-refractivity contribution in [3.8, 4) is 5.75 Å². The number of carbonyl (C=O) groups excluding carboxylic acids is 1. The molecule has 0 heterocycles. The molecular weight excluding hydrogens is 206 g/mol. The third-order valence-corrected chi connectivity index (χ3v) is 2.10. The van der Waals surface area contributed by atoms with Crippen LogP contribution in [0.15, 0.2) is 36.9 Å². The minimum absolute atomic E-state index is 0.207. The Morgan fingerprint density at radius 2 is 2.12 bits per heavy atom. The van der Waals surface area contributed by atoms with Gasteiger partial charge in [0.25, 0.3) is 0 Å². The van der Waals surface area contributed by atoms with Gasteiger partial charge in [0.15, 0.2) is 6.04 Å². The zero-order valence-electron chi connectivity index (χ0n) is 9.06. The van der Waals surface area contributed by atoms with Gasteiger partial charge >= 0.3 is 5.97 Å². The number of ether oxygens (including phenoxy) is 1. The van der Waals surface area contributed by atoms with Crippen LogP contribution >= 0.6 is 0 Å². The molecule has 0 aliphatic carbocycles. The predicted octanol–water partition coefficient (Wildman–Crippen LogP) is 0.274. The molecule has 1 atom stereocenters. The molecule has 0 aliphatic heterocycles. The number of phenols is 1. The molecule has 4 heteroatoms. The highest BCUT2D eigenvalue weighted by Crippen LogP contribution is 2.10. The summed E-state index contributed by atoms with van der Waals surface area (Å²) in [5.74, 6) is -0.133. The van der Waals surface area contributed by atoms with Crippen LogP contribution in [0, 0.1) is 0 Å². The Hall–Kier alpha value is -1.81. The monoisotopic (exact) mass is 222 g/mol. The Balaban J connectivity index is 2.50. The molecule has 0 fully saturated rings. The van der Waals surface area contributed by atoms with E-state index < -0.39 is 6.04 Å². The van der Waals surface area contributed by atoms with Crippen molar-refractivity contribution in [3.63, 3.8) is 0 Å². The Morgan fingerprint density at radius 3 is 2.69 bits per heavy atom. The fourth-order valence-electron chi connectivity index (χ4n) is 1.26. The van der Waals surface area contributed by atoms with Crippen molar-refractivity contribution in [3.05, 3.63) is 42.5 Å². The molecule has 0 aromatic heterocycles. The Bertz CT molecular complexity index is 359. The SMILES string of the molecule is C=CCOC(=O)[C@@H]([NH3+])Cc1ccc(O)cc1. The van der Waals surface area contributed by atoms with Crippen LogP contribution in [0.1, 0.15) is 5.56 Å². The van der Waals surface area contributed by atoms with Crippen molar-refractivity contribution >= 4 is 5.97 Å². The number of quaternary nitrogens is 1. The van der Waals surface area contributed by atoms with Gasteiger partial charge in [-0.2, -0.15) is 0 Å². The summed E-state index contributed by atoms with van der Waals surface area (Å²) in [6.07, 6.45) is 2.02. The second kappa shape index (κ2) is 5.92. The highest BCUT2D eigenvalue weighted by molar-refractivity contribution is 5.74. The number of benzene rings is 1. The first-order chi connectivity index (χ1) is 7.63. The minimum atomic E-state index is -0.440.